The van der Waals surface area contributed by atoms with Crippen LogP contribution in [0.2, 0.25) is 0 Å². The van der Waals surface area contributed by atoms with Gasteiger partial charge in [0.1, 0.15) is 0 Å². The summed E-state index contributed by atoms with van der Waals surface area (Å²) >= 11 is 0. The van der Waals surface area contributed by atoms with Crippen molar-refractivity contribution in [2.45, 2.75) is 65.8 Å². The first kappa shape index (κ1) is 22.0. The molecular formula is C25H47N3O. The quantitative estimate of drug-likeness (QED) is 0.729. The first-order valence-electron chi connectivity index (χ1n) is 12.5. The molecule has 4 fully saturated rings. The molecule has 4 aliphatic rings. The second kappa shape index (κ2) is 8.76. The molecule has 4 heteroatoms. The summed E-state index contributed by atoms with van der Waals surface area (Å²) in [5, 5.41) is 3.85. The molecule has 0 aliphatic carbocycles. The summed E-state index contributed by atoms with van der Waals surface area (Å²) in [7, 11) is 2.29. The van der Waals surface area contributed by atoms with Gasteiger partial charge < -0.3 is 19.9 Å². The van der Waals surface area contributed by atoms with Gasteiger partial charge in [-0.3, -0.25) is 0 Å². The lowest BCUT2D eigenvalue weighted by atomic mass is 9.61. The van der Waals surface area contributed by atoms with Gasteiger partial charge in [0.25, 0.3) is 0 Å². The smallest absolute Gasteiger partial charge is 0.0509 e. The van der Waals surface area contributed by atoms with Crippen LogP contribution in [0, 0.1) is 34.5 Å². The van der Waals surface area contributed by atoms with Crippen molar-refractivity contribution in [3.8, 4) is 0 Å². The summed E-state index contributed by atoms with van der Waals surface area (Å²) in [6.07, 6.45) is 6.92. The van der Waals surface area contributed by atoms with E-state index >= 15 is 0 Å². The minimum absolute atomic E-state index is 0.423. The number of hydrogen-bond donors (Lipinski definition) is 1. The first-order chi connectivity index (χ1) is 13.8. The van der Waals surface area contributed by atoms with E-state index in [1.807, 2.05) is 0 Å². The van der Waals surface area contributed by atoms with Crippen LogP contribution in [0.3, 0.4) is 0 Å². The van der Waals surface area contributed by atoms with E-state index < -0.39 is 0 Å². The molecule has 0 amide bonds. The maximum Gasteiger partial charge on any atom is 0.0509 e. The van der Waals surface area contributed by atoms with Crippen LogP contribution in [0.25, 0.3) is 0 Å². The lowest BCUT2D eigenvalue weighted by Crippen LogP contribution is -2.56. The van der Waals surface area contributed by atoms with E-state index in [2.05, 4.69) is 49.9 Å². The molecule has 2 bridgehead atoms. The second-order valence-corrected chi connectivity index (χ2v) is 12.3. The number of likely N-dealkylation sites (tertiary alicyclic amines) is 2. The van der Waals surface area contributed by atoms with Crippen molar-refractivity contribution in [2.75, 3.05) is 59.5 Å². The van der Waals surface area contributed by atoms with Crippen LogP contribution in [-0.2, 0) is 4.74 Å². The summed E-state index contributed by atoms with van der Waals surface area (Å²) in [4.78, 5) is 5.32. The Labute approximate surface area is 180 Å². The van der Waals surface area contributed by atoms with Crippen LogP contribution in [0.5, 0.6) is 0 Å². The van der Waals surface area contributed by atoms with Gasteiger partial charge in [-0.25, -0.2) is 0 Å². The van der Waals surface area contributed by atoms with Crippen molar-refractivity contribution >= 4 is 0 Å². The van der Waals surface area contributed by atoms with Crippen LogP contribution in [0.4, 0.5) is 0 Å². The number of rotatable bonds is 6. The fourth-order valence-corrected chi connectivity index (χ4v) is 7.46. The van der Waals surface area contributed by atoms with Crippen LogP contribution < -0.4 is 5.32 Å². The Kier molecular flexibility index (Phi) is 6.66. The average molecular weight is 406 g/mol. The molecule has 4 saturated heterocycles. The highest BCUT2D eigenvalue weighted by atomic mass is 16.5. The summed E-state index contributed by atoms with van der Waals surface area (Å²) in [6, 6.07) is 0.770. The summed E-state index contributed by atoms with van der Waals surface area (Å²) in [5.41, 5.74) is 1.03. The maximum atomic E-state index is 5.95. The third-order valence-corrected chi connectivity index (χ3v) is 8.86. The predicted molar refractivity (Wildman–Crippen MR) is 121 cm³/mol. The Morgan fingerprint density at radius 2 is 1.76 bits per heavy atom. The Morgan fingerprint density at radius 3 is 2.38 bits per heavy atom. The predicted octanol–water partition coefficient (Wildman–Crippen LogP) is 3.72. The average Bonchev–Trinajstić information content (AvgIpc) is 3.02. The van der Waals surface area contributed by atoms with E-state index in [-0.39, 0.29) is 0 Å². The Hall–Kier alpha value is -0.160. The van der Waals surface area contributed by atoms with Gasteiger partial charge in [0.2, 0.25) is 0 Å². The lowest BCUT2D eigenvalue weighted by molar-refractivity contribution is -0.119. The second-order valence-electron chi connectivity index (χ2n) is 12.3. The number of nitrogens with zero attached hydrogens (tertiary/aromatic N) is 2. The van der Waals surface area contributed by atoms with Gasteiger partial charge in [0.05, 0.1) is 13.2 Å². The van der Waals surface area contributed by atoms with Crippen molar-refractivity contribution in [1.29, 1.82) is 0 Å². The van der Waals surface area contributed by atoms with Crippen molar-refractivity contribution in [2.24, 2.45) is 34.5 Å². The lowest BCUT2D eigenvalue weighted by Gasteiger charge is -2.53. The molecule has 0 aromatic rings. The zero-order chi connectivity index (χ0) is 20.6. The van der Waals surface area contributed by atoms with E-state index in [9.17, 15) is 0 Å². The zero-order valence-corrected chi connectivity index (χ0v) is 19.9. The van der Waals surface area contributed by atoms with Gasteiger partial charge in [-0.15, -0.1) is 0 Å². The molecule has 3 atom stereocenters. The van der Waals surface area contributed by atoms with E-state index in [4.69, 9.17) is 4.74 Å². The molecule has 168 valence electrons. The third-order valence-electron chi connectivity index (χ3n) is 8.86. The third kappa shape index (κ3) is 5.02. The molecule has 1 N–H and O–H groups in total. The highest BCUT2D eigenvalue weighted by molar-refractivity contribution is 4.98. The van der Waals surface area contributed by atoms with Gasteiger partial charge in [-0.1, -0.05) is 27.7 Å². The number of piperidine rings is 2. The molecular weight excluding hydrogens is 358 g/mol. The van der Waals surface area contributed by atoms with E-state index in [0.717, 1.165) is 42.9 Å². The SMILES string of the molecule is CC(C)CC1CC2(CCN(CCC(C)(C)C3C4COCC3CN(C)C4)CC2)CN1. The Morgan fingerprint density at radius 1 is 1.10 bits per heavy atom. The minimum Gasteiger partial charge on any atom is -0.381 e. The van der Waals surface area contributed by atoms with Crippen LogP contribution in [0.1, 0.15) is 59.8 Å². The molecule has 4 rings (SSSR count). The van der Waals surface area contributed by atoms with Crippen molar-refractivity contribution < 1.29 is 4.74 Å². The van der Waals surface area contributed by atoms with Crippen LogP contribution in [0.15, 0.2) is 0 Å². The van der Waals surface area contributed by atoms with Crippen molar-refractivity contribution in [3.05, 3.63) is 0 Å². The molecule has 0 aromatic heterocycles. The molecule has 1 spiro atoms. The number of nitrogens with one attached hydrogen (secondary N) is 1. The number of hydrogen-bond acceptors (Lipinski definition) is 4. The van der Waals surface area contributed by atoms with Crippen molar-refractivity contribution in [1.82, 2.24) is 15.1 Å². The molecule has 4 heterocycles. The van der Waals surface area contributed by atoms with Crippen LogP contribution in [-0.4, -0.2) is 75.4 Å². The number of fused-ring (bicyclic) bond motifs is 2. The minimum atomic E-state index is 0.423. The van der Waals surface area contributed by atoms with Gasteiger partial charge in [-0.05, 0) is 93.3 Å². The molecule has 0 radical (unpaired) electrons. The Balaban J connectivity index is 1.26. The van der Waals surface area contributed by atoms with E-state index in [1.54, 1.807) is 0 Å². The van der Waals surface area contributed by atoms with Gasteiger partial charge in [-0.2, -0.15) is 0 Å². The maximum absolute atomic E-state index is 5.95. The monoisotopic (exact) mass is 405 g/mol. The summed E-state index contributed by atoms with van der Waals surface area (Å²) < 4.78 is 5.95. The van der Waals surface area contributed by atoms with Crippen LogP contribution >= 0.6 is 0 Å². The van der Waals surface area contributed by atoms with Gasteiger partial charge in [0, 0.05) is 25.7 Å². The largest absolute Gasteiger partial charge is 0.381 e. The highest BCUT2D eigenvalue weighted by Crippen LogP contribution is 2.47. The first-order valence-corrected chi connectivity index (χ1v) is 12.5. The van der Waals surface area contributed by atoms with Crippen molar-refractivity contribution in [3.63, 3.8) is 0 Å². The van der Waals surface area contributed by atoms with Gasteiger partial charge >= 0.3 is 0 Å². The Bertz CT molecular complexity index is 526. The van der Waals surface area contributed by atoms with E-state index in [1.165, 1.54) is 71.4 Å². The molecule has 0 saturated carbocycles. The summed E-state index contributed by atoms with van der Waals surface area (Å²) in [5.74, 6) is 3.11. The fourth-order valence-electron chi connectivity index (χ4n) is 7.46. The normalized spacial score (nSPS) is 36.2. The zero-order valence-electron chi connectivity index (χ0n) is 19.9. The highest BCUT2D eigenvalue weighted by Gasteiger charge is 2.47. The molecule has 0 aromatic carbocycles. The fraction of sp³-hybridized carbons (Fsp3) is 1.00. The molecule has 4 nitrogen and oxygen atoms in total. The molecule has 3 unspecified atom stereocenters. The summed E-state index contributed by atoms with van der Waals surface area (Å²) in [6.45, 7) is 19.4. The molecule has 4 aliphatic heterocycles. The standard InChI is InChI=1S/C25H47N3O/c1-19(2)12-22-13-25(18-26-22)7-10-28(11-8-25)9-6-24(3,4)23-20-14-27(5)15-21(23)17-29-16-20/h19-23,26H,6-18H2,1-5H3. The molecule has 29 heavy (non-hydrogen) atoms. The number of ether oxygens (including phenoxy) is 1. The topological polar surface area (TPSA) is 27.7 Å². The van der Waals surface area contributed by atoms with E-state index in [0.29, 0.717) is 10.8 Å². The van der Waals surface area contributed by atoms with Gasteiger partial charge in [0.15, 0.2) is 0 Å².